The lowest BCUT2D eigenvalue weighted by molar-refractivity contribution is 0.929. The molecule has 82 valence electrons. The van der Waals surface area contributed by atoms with Gasteiger partial charge in [0.1, 0.15) is 0 Å². The highest BCUT2D eigenvalue weighted by atomic mass is 79.9. The van der Waals surface area contributed by atoms with E-state index in [0.29, 0.717) is 0 Å². The number of alkyl halides is 2. The molecule has 0 aromatic carbocycles. The van der Waals surface area contributed by atoms with E-state index in [1.54, 1.807) is 24.8 Å². The molecule has 0 aliphatic rings. The fraction of sp³-hybridized carbons (Fsp3) is 0.167. The van der Waals surface area contributed by atoms with Crippen molar-refractivity contribution in [1.29, 1.82) is 0 Å². The predicted molar refractivity (Wildman–Crippen MR) is 71.8 cm³/mol. The summed E-state index contributed by atoms with van der Waals surface area (Å²) in [5, 5.41) is 0. The van der Waals surface area contributed by atoms with Gasteiger partial charge in [0.05, 0.1) is 9.65 Å². The van der Waals surface area contributed by atoms with Gasteiger partial charge in [-0.15, -0.1) is 0 Å². The van der Waals surface area contributed by atoms with E-state index in [9.17, 15) is 0 Å². The molecule has 0 unspecified atom stereocenters. The molecule has 16 heavy (non-hydrogen) atoms. The summed E-state index contributed by atoms with van der Waals surface area (Å²) in [5.74, 6) is 0. The second-order valence-corrected chi connectivity index (χ2v) is 5.34. The minimum absolute atomic E-state index is 0.220. The van der Waals surface area contributed by atoms with Gasteiger partial charge >= 0.3 is 0 Å². The first-order valence-electron chi connectivity index (χ1n) is 4.87. The number of pyridine rings is 2. The molecule has 0 N–H and O–H groups in total. The lowest BCUT2D eigenvalue weighted by atomic mass is 10.1. The van der Waals surface area contributed by atoms with Crippen molar-refractivity contribution in [3.8, 4) is 0 Å². The Kier molecular flexibility index (Phi) is 4.07. The van der Waals surface area contributed by atoms with E-state index in [4.69, 9.17) is 0 Å². The Labute approximate surface area is 111 Å². The van der Waals surface area contributed by atoms with Gasteiger partial charge in [-0.1, -0.05) is 31.9 Å². The summed E-state index contributed by atoms with van der Waals surface area (Å²) in [4.78, 5) is 8.47. The van der Waals surface area contributed by atoms with Gasteiger partial charge in [-0.25, -0.2) is 0 Å². The maximum atomic E-state index is 4.01. The average molecular weight is 342 g/mol. The topological polar surface area (TPSA) is 25.8 Å². The quantitative estimate of drug-likeness (QED) is 0.787. The second kappa shape index (κ2) is 5.55. The Hall–Kier alpha value is -0.740. The van der Waals surface area contributed by atoms with E-state index >= 15 is 0 Å². The molecule has 0 radical (unpaired) electrons. The van der Waals surface area contributed by atoms with Crippen molar-refractivity contribution in [3.05, 3.63) is 60.2 Å². The molecule has 0 bridgehead atoms. The van der Waals surface area contributed by atoms with Crippen molar-refractivity contribution < 1.29 is 0 Å². The second-order valence-electron chi connectivity index (χ2n) is 3.36. The van der Waals surface area contributed by atoms with Gasteiger partial charge in [0, 0.05) is 24.8 Å². The first-order valence-corrected chi connectivity index (χ1v) is 6.70. The summed E-state index contributed by atoms with van der Waals surface area (Å²) in [6.07, 6.45) is 7.21. The number of hydrogen-bond donors (Lipinski definition) is 0. The summed E-state index contributed by atoms with van der Waals surface area (Å²) in [7, 11) is 0. The minimum Gasteiger partial charge on any atom is -0.265 e. The molecule has 0 fully saturated rings. The molecule has 2 aromatic rings. The number of nitrogens with zero attached hydrogens (tertiary/aromatic N) is 2. The average Bonchev–Trinajstić information content (AvgIpc) is 2.39. The minimum atomic E-state index is 0.220. The third kappa shape index (κ3) is 2.68. The largest absolute Gasteiger partial charge is 0.265 e. The Morgan fingerprint density at radius 3 is 1.31 bits per heavy atom. The molecule has 0 aliphatic heterocycles. The van der Waals surface area contributed by atoms with Crippen molar-refractivity contribution in [2.45, 2.75) is 9.65 Å². The molecule has 0 amide bonds. The number of hydrogen-bond acceptors (Lipinski definition) is 2. The first-order chi connectivity index (χ1) is 7.79. The third-order valence-electron chi connectivity index (χ3n) is 2.31. The highest BCUT2D eigenvalue weighted by Crippen LogP contribution is 2.41. The predicted octanol–water partition coefficient (Wildman–Crippen LogP) is 4.05. The van der Waals surface area contributed by atoms with Gasteiger partial charge in [0.2, 0.25) is 0 Å². The first kappa shape index (κ1) is 11.7. The van der Waals surface area contributed by atoms with Crippen molar-refractivity contribution in [3.63, 3.8) is 0 Å². The third-order valence-corrected chi connectivity index (χ3v) is 5.13. The summed E-state index contributed by atoms with van der Waals surface area (Å²) < 4.78 is 0. The highest BCUT2D eigenvalue weighted by molar-refractivity contribution is 9.12. The zero-order chi connectivity index (χ0) is 11.4. The van der Waals surface area contributed by atoms with Crippen molar-refractivity contribution in [2.75, 3.05) is 0 Å². The number of halogens is 2. The highest BCUT2D eigenvalue weighted by Gasteiger charge is 2.19. The van der Waals surface area contributed by atoms with E-state index in [0.717, 1.165) is 0 Å². The van der Waals surface area contributed by atoms with Gasteiger partial charge in [0.15, 0.2) is 0 Å². The van der Waals surface area contributed by atoms with Crippen molar-refractivity contribution in [2.24, 2.45) is 0 Å². The Morgan fingerprint density at radius 2 is 1.00 bits per heavy atom. The maximum absolute atomic E-state index is 4.01. The molecule has 2 rings (SSSR count). The van der Waals surface area contributed by atoms with Crippen LogP contribution in [0.15, 0.2) is 49.1 Å². The summed E-state index contributed by atoms with van der Waals surface area (Å²) in [5.41, 5.74) is 2.40. The van der Waals surface area contributed by atoms with Crippen LogP contribution in [0.1, 0.15) is 20.8 Å². The zero-order valence-corrected chi connectivity index (χ0v) is 11.6. The van der Waals surface area contributed by atoms with E-state index in [1.165, 1.54) is 11.1 Å². The fourth-order valence-corrected chi connectivity index (χ4v) is 2.65. The lowest BCUT2D eigenvalue weighted by Gasteiger charge is -2.17. The Bertz CT molecular complexity index is 390. The van der Waals surface area contributed by atoms with Gasteiger partial charge in [-0.3, -0.25) is 9.97 Å². The summed E-state index contributed by atoms with van der Waals surface area (Å²) in [6.45, 7) is 0. The summed E-state index contributed by atoms with van der Waals surface area (Å²) in [6, 6.07) is 8.04. The van der Waals surface area contributed by atoms with Gasteiger partial charge in [-0.05, 0) is 35.4 Å². The summed E-state index contributed by atoms with van der Waals surface area (Å²) >= 11 is 7.39. The molecule has 0 saturated carbocycles. The molecule has 0 saturated heterocycles. The molecule has 4 heteroatoms. The van der Waals surface area contributed by atoms with Crippen LogP contribution in [0.4, 0.5) is 0 Å². The standard InChI is InChI=1S/C12H10Br2N2/c13-11(9-1-5-15-6-2-9)12(14)10-3-7-16-8-4-10/h1-8,11-12H/t11-,12+. The smallest absolute Gasteiger partial charge is 0.0562 e. The van der Waals surface area contributed by atoms with Crippen LogP contribution in [0, 0.1) is 0 Å². The molecule has 0 spiro atoms. The normalized spacial score (nSPS) is 14.4. The zero-order valence-electron chi connectivity index (χ0n) is 8.42. The lowest BCUT2D eigenvalue weighted by Crippen LogP contribution is -1.99. The number of rotatable bonds is 3. The van der Waals surface area contributed by atoms with Crippen LogP contribution in [-0.4, -0.2) is 9.97 Å². The molecule has 2 aromatic heterocycles. The molecule has 2 heterocycles. The van der Waals surface area contributed by atoms with Crippen LogP contribution in [0.2, 0.25) is 0 Å². The molecular formula is C12H10Br2N2. The van der Waals surface area contributed by atoms with Crippen LogP contribution in [-0.2, 0) is 0 Å². The van der Waals surface area contributed by atoms with Crippen LogP contribution in [0.25, 0.3) is 0 Å². The van der Waals surface area contributed by atoms with E-state index < -0.39 is 0 Å². The van der Waals surface area contributed by atoms with E-state index in [2.05, 4.69) is 41.8 Å². The monoisotopic (exact) mass is 340 g/mol. The van der Waals surface area contributed by atoms with Crippen LogP contribution in [0.5, 0.6) is 0 Å². The maximum Gasteiger partial charge on any atom is 0.0562 e. The Morgan fingerprint density at radius 1 is 0.688 bits per heavy atom. The van der Waals surface area contributed by atoms with Gasteiger partial charge in [0.25, 0.3) is 0 Å². The van der Waals surface area contributed by atoms with Crippen LogP contribution in [0.3, 0.4) is 0 Å². The van der Waals surface area contributed by atoms with Crippen LogP contribution < -0.4 is 0 Å². The van der Waals surface area contributed by atoms with Crippen molar-refractivity contribution >= 4 is 31.9 Å². The molecule has 2 atom stereocenters. The Balaban J connectivity index is 2.20. The van der Waals surface area contributed by atoms with E-state index in [1.807, 2.05) is 24.3 Å². The van der Waals surface area contributed by atoms with Crippen LogP contribution >= 0.6 is 31.9 Å². The fourth-order valence-electron chi connectivity index (χ4n) is 1.43. The molecule has 0 aliphatic carbocycles. The van der Waals surface area contributed by atoms with Crippen molar-refractivity contribution in [1.82, 2.24) is 9.97 Å². The number of aromatic nitrogens is 2. The van der Waals surface area contributed by atoms with Gasteiger partial charge < -0.3 is 0 Å². The van der Waals surface area contributed by atoms with Gasteiger partial charge in [-0.2, -0.15) is 0 Å². The van der Waals surface area contributed by atoms with E-state index in [-0.39, 0.29) is 9.65 Å². The SMILES string of the molecule is Br[C@H](c1ccncc1)[C@@H](Br)c1ccncc1. The molecular weight excluding hydrogens is 332 g/mol. The molecule has 2 nitrogen and oxygen atoms in total.